The zero-order chi connectivity index (χ0) is 17.8. The van der Waals surface area contributed by atoms with E-state index in [-0.39, 0.29) is 35.1 Å². The minimum atomic E-state index is -0.909. The predicted molar refractivity (Wildman–Crippen MR) is 88.0 cm³/mol. The van der Waals surface area contributed by atoms with Gasteiger partial charge in [0.05, 0.1) is 19.1 Å². The Labute approximate surface area is 144 Å². The summed E-state index contributed by atoms with van der Waals surface area (Å²) in [6, 6.07) is 0. The number of hydrogen-bond acceptors (Lipinski definition) is 5. The smallest absolute Gasteiger partial charge is 0.308 e. The van der Waals surface area contributed by atoms with Gasteiger partial charge in [-0.25, -0.2) is 0 Å². The van der Waals surface area contributed by atoms with E-state index in [1.54, 1.807) is 0 Å². The highest BCUT2D eigenvalue weighted by molar-refractivity contribution is 5.72. The minimum absolute atomic E-state index is 0.0874. The van der Waals surface area contributed by atoms with E-state index in [4.69, 9.17) is 14.2 Å². The van der Waals surface area contributed by atoms with Gasteiger partial charge in [-0.2, -0.15) is 0 Å². The summed E-state index contributed by atoms with van der Waals surface area (Å²) in [5, 5.41) is 0. The topological polar surface area (TPSA) is 61.8 Å². The van der Waals surface area contributed by atoms with Crippen LogP contribution in [0.25, 0.3) is 0 Å². The Hall–Kier alpha value is -1.10. The van der Waals surface area contributed by atoms with E-state index < -0.39 is 11.4 Å². The molecule has 3 fully saturated rings. The molecule has 5 nitrogen and oxygen atoms in total. The number of esters is 2. The Morgan fingerprint density at radius 3 is 2.54 bits per heavy atom. The molecule has 136 valence electrons. The fraction of sp³-hybridized carbons (Fsp3) is 0.895. The van der Waals surface area contributed by atoms with Crippen LogP contribution in [0.4, 0.5) is 0 Å². The SMILES string of the molecule is COC(=O)CC1(C)CCC2(OC(=O)CC3C(C)(C)CCCC32C)O1. The molecule has 24 heavy (non-hydrogen) atoms. The van der Waals surface area contributed by atoms with Gasteiger partial charge in [0.1, 0.15) is 0 Å². The number of ether oxygens (including phenoxy) is 3. The van der Waals surface area contributed by atoms with Gasteiger partial charge < -0.3 is 14.2 Å². The van der Waals surface area contributed by atoms with Crippen molar-refractivity contribution in [1.29, 1.82) is 0 Å². The number of rotatable bonds is 2. The highest BCUT2D eigenvalue weighted by atomic mass is 16.7. The van der Waals surface area contributed by atoms with Gasteiger partial charge in [0.2, 0.25) is 5.79 Å². The van der Waals surface area contributed by atoms with Crippen LogP contribution in [0.3, 0.4) is 0 Å². The molecule has 4 unspecified atom stereocenters. The van der Waals surface area contributed by atoms with E-state index in [9.17, 15) is 9.59 Å². The third kappa shape index (κ3) is 2.56. The van der Waals surface area contributed by atoms with Gasteiger partial charge in [0.25, 0.3) is 0 Å². The lowest BCUT2D eigenvalue weighted by Crippen LogP contribution is -2.62. The Kier molecular flexibility index (Phi) is 4.02. The summed E-state index contributed by atoms with van der Waals surface area (Å²) in [7, 11) is 1.39. The quantitative estimate of drug-likeness (QED) is 0.720. The van der Waals surface area contributed by atoms with Crippen molar-refractivity contribution in [1.82, 2.24) is 0 Å². The second-order valence-electron chi connectivity index (χ2n) is 9.05. The zero-order valence-electron chi connectivity index (χ0n) is 15.6. The zero-order valence-corrected chi connectivity index (χ0v) is 15.6. The predicted octanol–water partition coefficient (Wildman–Crippen LogP) is 3.59. The van der Waals surface area contributed by atoms with Gasteiger partial charge in [-0.05, 0) is 37.5 Å². The first-order valence-electron chi connectivity index (χ1n) is 9.05. The van der Waals surface area contributed by atoms with Crippen LogP contribution in [0, 0.1) is 16.7 Å². The van der Waals surface area contributed by atoms with Crippen molar-refractivity contribution in [3.63, 3.8) is 0 Å². The Bertz CT molecular complexity index is 556. The summed E-state index contributed by atoms with van der Waals surface area (Å²) in [6.07, 6.45) is 5.21. The van der Waals surface area contributed by atoms with Crippen LogP contribution < -0.4 is 0 Å². The molecule has 0 aromatic carbocycles. The van der Waals surface area contributed by atoms with Crippen LogP contribution in [-0.4, -0.2) is 30.4 Å². The lowest BCUT2D eigenvalue weighted by atomic mass is 9.51. The first-order chi connectivity index (χ1) is 11.1. The molecule has 0 bridgehead atoms. The van der Waals surface area contributed by atoms with Crippen molar-refractivity contribution in [2.45, 2.75) is 84.0 Å². The molecule has 1 aliphatic carbocycles. The summed E-state index contributed by atoms with van der Waals surface area (Å²) < 4.78 is 17.2. The number of methoxy groups -OCH3 is 1. The van der Waals surface area contributed by atoms with Crippen LogP contribution in [0.2, 0.25) is 0 Å². The van der Waals surface area contributed by atoms with Gasteiger partial charge in [0, 0.05) is 18.3 Å². The first-order valence-corrected chi connectivity index (χ1v) is 9.05. The number of fused-ring (bicyclic) bond motifs is 2. The molecule has 0 radical (unpaired) electrons. The van der Waals surface area contributed by atoms with Crippen LogP contribution in [0.1, 0.15) is 72.6 Å². The molecule has 0 N–H and O–H groups in total. The highest BCUT2D eigenvalue weighted by Gasteiger charge is 2.68. The summed E-state index contributed by atoms with van der Waals surface area (Å²) in [5.74, 6) is -1.13. The molecular weight excluding hydrogens is 308 g/mol. The molecule has 2 heterocycles. The van der Waals surface area contributed by atoms with E-state index in [1.165, 1.54) is 7.11 Å². The normalized spacial score (nSPS) is 44.0. The van der Waals surface area contributed by atoms with E-state index >= 15 is 0 Å². The molecule has 5 heteroatoms. The molecule has 0 aromatic heterocycles. The van der Waals surface area contributed by atoms with Crippen LogP contribution in [0.5, 0.6) is 0 Å². The molecule has 3 rings (SSSR count). The van der Waals surface area contributed by atoms with E-state index in [1.807, 2.05) is 6.92 Å². The largest absolute Gasteiger partial charge is 0.469 e. The third-order valence-electron chi connectivity index (χ3n) is 6.89. The van der Waals surface area contributed by atoms with Gasteiger partial charge in [-0.3, -0.25) is 9.59 Å². The molecule has 0 aromatic rings. The Morgan fingerprint density at radius 1 is 1.17 bits per heavy atom. The third-order valence-corrected chi connectivity index (χ3v) is 6.89. The van der Waals surface area contributed by atoms with Crippen molar-refractivity contribution in [3.8, 4) is 0 Å². The van der Waals surface area contributed by atoms with E-state index in [0.29, 0.717) is 19.3 Å². The van der Waals surface area contributed by atoms with Crippen molar-refractivity contribution >= 4 is 11.9 Å². The van der Waals surface area contributed by atoms with Crippen LogP contribution in [-0.2, 0) is 23.8 Å². The number of carbonyl (C=O) groups excluding carboxylic acids is 2. The molecule has 4 atom stereocenters. The van der Waals surface area contributed by atoms with E-state index in [2.05, 4.69) is 20.8 Å². The Morgan fingerprint density at radius 2 is 1.88 bits per heavy atom. The first kappa shape index (κ1) is 17.7. The summed E-state index contributed by atoms with van der Waals surface area (Å²) in [5.41, 5.74) is -0.763. The molecule has 0 amide bonds. The maximum atomic E-state index is 12.4. The van der Waals surface area contributed by atoms with Gasteiger partial charge in [-0.1, -0.05) is 27.2 Å². The Balaban J connectivity index is 1.94. The average molecular weight is 338 g/mol. The molecule has 2 aliphatic heterocycles. The maximum absolute atomic E-state index is 12.4. The van der Waals surface area contributed by atoms with Crippen LogP contribution >= 0.6 is 0 Å². The molecule has 2 saturated heterocycles. The lowest BCUT2D eigenvalue weighted by Gasteiger charge is -2.59. The van der Waals surface area contributed by atoms with E-state index in [0.717, 1.165) is 19.3 Å². The second kappa shape index (κ2) is 5.45. The maximum Gasteiger partial charge on any atom is 0.308 e. The fourth-order valence-electron chi connectivity index (χ4n) is 5.49. The fourth-order valence-corrected chi connectivity index (χ4v) is 5.49. The summed E-state index contributed by atoms with van der Waals surface area (Å²) in [6.45, 7) is 8.65. The monoisotopic (exact) mass is 338 g/mol. The number of hydrogen-bond donors (Lipinski definition) is 0. The number of carbonyl (C=O) groups is 2. The average Bonchev–Trinajstić information content (AvgIpc) is 2.80. The van der Waals surface area contributed by atoms with Crippen molar-refractivity contribution < 1.29 is 23.8 Å². The summed E-state index contributed by atoms with van der Waals surface area (Å²) in [4.78, 5) is 24.2. The molecule has 1 saturated carbocycles. The molecule has 3 aliphatic rings. The van der Waals surface area contributed by atoms with Gasteiger partial charge in [0.15, 0.2) is 0 Å². The van der Waals surface area contributed by atoms with Crippen molar-refractivity contribution in [2.75, 3.05) is 7.11 Å². The molecule has 1 spiro atoms. The minimum Gasteiger partial charge on any atom is -0.469 e. The van der Waals surface area contributed by atoms with Crippen molar-refractivity contribution in [2.24, 2.45) is 16.7 Å². The summed E-state index contributed by atoms with van der Waals surface area (Å²) >= 11 is 0. The second-order valence-corrected chi connectivity index (χ2v) is 9.05. The standard InChI is InChI=1S/C19H30O5/c1-16(2)7-6-8-18(4)13(16)11-14(20)23-19(18)10-9-17(3,24-19)12-15(21)22-5/h13H,6-12H2,1-5H3. The van der Waals surface area contributed by atoms with Crippen molar-refractivity contribution in [3.05, 3.63) is 0 Å². The van der Waals surface area contributed by atoms with Crippen LogP contribution in [0.15, 0.2) is 0 Å². The highest BCUT2D eigenvalue weighted by Crippen LogP contribution is 2.64. The molecular formula is C19H30O5. The van der Waals surface area contributed by atoms with Gasteiger partial charge >= 0.3 is 11.9 Å². The van der Waals surface area contributed by atoms with Gasteiger partial charge in [-0.15, -0.1) is 0 Å². The lowest BCUT2D eigenvalue weighted by molar-refractivity contribution is -0.330.